The standard InChI is InChI=1S/C20H17N5O3S2/c1-12-3-5-15(6-4-12)30(27,28)25-20-24-18-13(2)9-14(10-17(18)29-20)23-19(26)16-11-21-7-8-22-16/h3-11H,1-2H3,(H,23,26)(H,24,25). The normalized spacial score (nSPS) is 11.4. The zero-order valence-electron chi connectivity index (χ0n) is 16.1. The molecule has 1 amide bonds. The van der Waals surface area contributed by atoms with Crippen LogP contribution in [0.15, 0.2) is 59.9 Å². The van der Waals surface area contributed by atoms with Crippen molar-refractivity contribution in [3.05, 3.63) is 71.8 Å². The number of fused-ring (bicyclic) bond motifs is 1. The van der Waals surface area contributed by atoms with E-state index in [0.29, 0.717) is 11.2 Å². The molecule has 0 aliphatic rings. The molecule has 0 saturated heterocycles. The predicted octanol–water partition coefficient (Wildman–Crippen LogP) is 3.76. The number of hydrogen-bond donors (Lipinski definition) is 2. The van der Waals surface area contributed by atoms with Gasteiger partial charge >= 0.3 is 0 Å². The molecular formula is C20H17N5O3S2. The van der Waals surface area contributed by atoms with Gasteiger partial charge in [0.1, 0.15) is 5.69 Å². The number of sulfonamides is 1. The van der Waals surface area contributed by atoms with Gasteiger partial charge in [0.25, 0.3) is 15.9 Å². The number of amides is 1. The van der Waals surface area contributed by atoms with Gasteiger partial charge in [0.15, 0.2) is 5.13 Å². The van der Waals surface area contributed by atoms with Crippen molar-refractivity contribution in [2.75, 3.05) is 10.0 Å². The minimum Gasteiger partial charge on any atom is -0.321 e. The second kappa shape index (κ2) is 7.81. The zero-order chi connectivity index (χ0) is 21.3. The number of benzene rings is 2. The number of nitrogens with zero attached hydrogens (tertiary/aromatic N) is 3. The van der Waals surface area contributed by atoms with Crippen LogP contribution in [0.5, 0.6) is 0 Å². The molecule has 0 saturated carbocycles. The Kier molecular flexibility index (Phi) is 5.18. The van der Waals surface area contributed by atoms with Gasteiger partial charge in [-0.15, -0.1) is 0 Å². The molecule has 2 aromatic carbocycles. The average Bonchev–Trinajstić information content (AvgIpc) is 3.11. The van der Waals surface area contributed by atoms with Crippen molar-refractivity contribution in [3.8, 4) is 0 Å². The Morgan fingerprint density at radius 3 is 2.53 bits per heavy atom. The fraction of sp³-hybridized carbons (Fsp3) is 0.100. The molecule has 8 nitrogen and oxygen atoms in total. The van der Waals surface area contributed by atoms with E-state index in [0.717, 1.165) is 15.8 Å². The lowest BCUT2D eigenvalue weighted by Crippen LogP contribution is -2.13. The van der Waals surface area contributed by atoms with Crippen LogP contribution < -0.4 is 10.0 Å². The van der Waals surface area contributed by atoms with Crippen LogP contribution in [0.3, 0.4) is 0 Å². The van der Waals surface area contributed by atoms with E-state index in [1.165, 1.54) is 29.9 Å². The van der Waals surface area contributed by atoms with Gasteiger partial charge in [0, 0.05) is 18.1 Å². The molecule has 4 aromatic rings. The Morgan fingerprint density at radius 1 is 1.07 bits per heavy atom. The molecule has 0 atom stereocenters. The molecule has 0 spiro atoms. The Labute approximate surface area is 177 Å². The number of rotatable bonds is 5. The van der Waals surface area contributed by atoms with Crippen molar-refractivity contribution in [2.24, 2.45) is 0 Å². The number of thiazole rings is 1. The van der Waals surface area contributed by atoms with Gasteiger partial charge < -0.3 is 5.32 Å². The van der Waals surface area contributed by atoms with Crippen LogP contribution in [-0.2, 0) is 10.0 Å². The first kappa shape index (κ1) is 19.9. The Balaban J connectivity index is 1.60. The summed E-state index contributed by atoms with van der Waals surface area (Å²) in [5.41, 5.74) is 3.21. The second-order valence-electron chi connectivity index (χ2n) is 6.62. The van der Waals surface area contributed by atoms with Crippen LogP contribution in [0.4, 0.5) is 10.8 Å². The number of aryl methyl sites for hydroxylation is 2. The van der Waals surface area contributed by atoms with Gasteiger partial charge in [0.05, 0.1) is 21.3 Å². The quantitative estimate of drug-likeness (QED) is 0.489. The molecule has 30 heavy (non-hydrogen) atoms. The summed E-state index contributed by atoms with van der Waals surface area (Å²) in [7, 11) is -3.74. The number of carbonyl (C=O) groups excluding carboxylic acids is 1. The third-order valence-corrected chi connectivity index (χ3v) is 6.69. The molecule has 0 radical (unpaired) electrons. The minimum atomic E-state index is -3.74. The largest absolute Gasteiger partial charge is 0.321 e. The lowest BCUT2D eigenvalue weighted by Gasteiger charge is -2.05. The molecule has 0 fully saturated rings. The topological polar surface area (TPSA) is 114 Å². The third kappa shape index (κ3) is 4.14. The van der Waals surface area contributed by atoms with Crippen LogP contribution in [0, 0.1) is 13.8 Å². The molecule has 0 aliphatic carbocycles. The van der Waals surface area contributed by atoms with Crippen LogP contribution in [-0.4, -0.2) is 29.3 Å². The van der Waals surface area contributed by atoms with Gasteiger partial charge in [-0.25, -0.2) is 18.4 Å². The Morgan fingerprint density at radius 2 is 1.83 bits per heavy atom. The minimum absolute atomic E-state index is 0.168. The van der Waals surface area contributed by atoms with Gasteiger partial charge in [-0.2, -0.15) is 0 Å². The van der Waals surface area contributed by atoms with Crippen LogP contribution in [0.25, 0.3) is 10.2 Å². The molecule has 2 aromatic heterocycles. The molecule has 2 N–H and O–H groups in total. The Bertz CT molecular complexity index is 1330. The number of anilines is 2. The highest BCUT2D eigenvalue weighted by atomic mass is 32.2. The summed E-state index contributed by atoms with van der Waals surface area (Å²) in [6.45, 7) is 3.74. The molecule has 0 bridgehead atoms. The van der Waals surface area contributed by atoms with E-state index >= 15 is 0 Å². The highest BCUT2D eigenvalue weighted by Crippen LogP contribution is 2.32. The van der Waals surface area contributed by atoms with Crippen molar-refractivity contribution >= 4 is 48.3 Å². The predicted molar refractivity (Wildman–Crippen MR) is 116 cm³/mol. The fourth-order valence-corrected chi connectivity index (χ4v) is 5.03. The van der Waals surface area contributed by atoms with E-state index in [1.54, 1.807) is 36.4 Å². The average molecular weight is 440 g/mol. The van der Waals surface area contributed by atoms with Crippen molar-refractivity contribution in [1.82, 2.24) is 15.0 Å². The smallest absolute Gasteiger partial charge is 0.275 e. The van der Waals surface area contributed by atoms with E-state index in [4.69, 9.17) is 0 Å². The fourth-order valence-electron chi connectivity index (χ4n) is 2.82. The van der Waals surface area contributed by atoms with Crippen LogP contribution >= 0.6 is 11.3 Å². The summed E-state index contributed by atoms with van der Waals surface area (Å²) < 4.78 is 28.5. The summed E-state index contributed by atoms with van der Waals surface area (Å²) in [6, 6.07) is 10.1. The summed E-state index contributed by atoms with van der Waals surface area (Å²) in [4.78, 5) is 24.8. The molecule has 152 valence electrons. The van der Waals surface area contributed by atoms with E-state index < -0.39 is 10.0 Å². The van der Waals surface area contributed by atoms with E-state index in [9.17, 15) is 13.2 Å². The van der Waals surface area contributed by atoms with Gasteiger partial charge in [0.2, 0.25) is 0 Å². The van der Waals surface area contributed by atoms with Crippen molar-refractivity contribution in [2.45, 2.75) is 18.7 Å². The number of aromatic nitrogens is 3. The van der Waals surface area contributed by atoms with E-state index in [-0.39, 0.29) is 21.6 Å². The molecule has 0 aliphatic heterocycles. The maximum absolute atomic E-state index is 12.6. The highest BCUT2D eigenvalue weighted by Gasteiger charge is 2.18. The van der Waals surface area contributed by atoms with Gasteiger partial charge in [-0.1, -0.05) is 29.0 Å². The first-order valence-corrected chi connectivity index (χ1v) is 11.2. The summed E-state index contributed by atoms with van der Waals surface area (Å²) in [5, 5.41) is 3.03. The van der Waals surface area contributed by atoms with E-state index in [2.05, 4.69) is 25.0 Å². The first-order chi connectivity index (χ1) is 14.3. The molecular weight excluding hydrogens is 422 g/mol. The number of nitrogens with one attached hydrogen (secondary N) is 2. The zero-order valence-corrected chi connectivity index (χ0v) is 17.7. The maximum atomic E-state index is 12.6. The lowest BCUT2D eigenvalue weighted by molar-refractivity contribution is 0.102. The monoisotopic (exact) mass is 439 g/mol. The van der Waals surface area contributed by atoms with Crippen LogP contribution in [0.2, 0.25) is 0 Å². The molecule has 0 unspecified atom stereocenters. The summed E-state index contributed by atoms with van der Waals surface area (Å²) >= 11 is 1.19. The second-order valence-corrected chi connectivity index (χ2v) is 9.34. The third-order valence-electron chi connectivity index (χ3n) is 4.29. The first-order valence-electron chi connectivity index (χ1n) is 8.90. The summed E-state index contributed by atoms with van der Waals surface area (Å²) in [5.74, 6) is -0.383. The van der Waals surface area contributed by atoms with Crippen molar-refractivity contribution in [3.63, 3.8) is 0 Å². The summed E-state index contributed by atoms with van der Waals surface area (Å²) in [6.07, 6.45) is 4.31. The van der Waals surface area contributed by atoms with E-state index in [1.807, 2.05) is 13.8 Å². The molecule has 2 heterocycles. The van der Waals surface area contributed by atoms with Crippen molar-refractivity contribution < 1.29 is 13.2 Å². The molecule has 4 rings (SSSR count). The molecule has 10 heteroatoms. The highest BCUT2D eigenvalue weighted by molar-refractivity contribution is 7.93. The number of carbonyl (C=O) groups is 1. The van der Waals surface area contributed by atoms with Crippen molar-refractivity contribution in [1.29, 1.82) is 0 Å². The van der Waals surface area contributed by atoms with Gasteiger partial charge in [-0.3, -0.25) is 14.5 Å². The lowest BCUT2D eigenvalue weighted by atomic mass is 10.2. The SMILES string of the molecule is Cc1ccc(S(=O)(=O)Nc2nc3c(C)cc(NC(=O)c4cnccn4)cc3s2)cc1. The van der Waals surface area contributed by atoms with Gasteiger partial charge in [-0.05, 0) is 43.7 Å². The van der Waals surface area contributed by atoms with Crippen LogP contribution in [0.1, 0.15) is 21.6 Å². The Hall–Kier alpha value is -3.37. The maximum Gasteiger partial charge on any atom is 0.275 e. The number of hydrogen-bond acceptors (Lipinski definition) is 7.